The van der Waals surface area contributed by atoms with E-state index in [0.29, 0.717) is 10.6 Å². The van der Waals surface area contributed by atoms with Gasteiger partial charge in [0.15, 0.2) is 0 Å². The summed E-state index contributed by atoms with van der Waals surface area (Å²) in [5, 5.41) is 13.5. The molecule has 0 unspecified atom stereocenters. The molecule has 1 N–H and O–H groups in total. The van der Waals surface area contributed by atoms with Crippen LogP contribution in [0.2, 0.25) is 0 Å². The minimum Gasteiger partial charge on any atom is -0.318 e. The summed E-state index contributed by atoms with van der Waals surface area (Å²) >= 11 is 1.54. The van der Waals surface area contributed by atoms with E-state index in [1.807, 2.05) is 60.7 Å². The Morgan fingerprint density at radius 2 is 1.58 bits per heavy atom. The Labute approximate surface area is 146 Å². The van der Waals surface area contributed by atoms with Gasteiger partial charge in [-0.2, -0.15) is 5.26 Å². The number of nitrogens with zero attached hydrogens (tertiary/aromatic N) is 1. The summed E-state index contributed by atoms with van der Waals surface area (Å²) in [6.45, 7) is 2.08. The number of rotatable bonds is 5. The summed E-state index contributed by atoms with van der Waals surface area (Å²) in [6, 6.07) is 21.4. The van der Waals surface area contributed by atoms with Crippen LogP contribution < -0.4 is 5.32 Å². The molecular formula is C20H18N2OS. The molecule has 120 valence electrons. The van der Waals surface area contributed by atoms with Crippen LogP contribution in [0.3, 0.4) is 0 Å². The van der Waals surface area contributed by atoms with Crippen molar-refractivity contribution in [2.75, 3.05) is 5.75 Å². The number of hydrogen-bond acceptors (Lipinski definition) is 3. The van der Waals surface area contributed by atoms with E-state index < -0.39 is 5.41 Å². The van der Waals surface area contributed by atoms with Crippen LogP contribution in [0.15, 0.2) is 71.3 Å². The standard InChI is InChI=1S/C20H18N2OS/c1-2-13-24-18-17(14-21)20(19(23)22-18,15-9-5-3-6-10-15)16-11-7-4-8-12-16/h3-12H,2,13H2,1H3,(H,22,23). The van der Waals surface area contributed by atoms with Crippen LogP contribution in [0.4, 0.5) is 0 Å². The molecule has 1 amide bonds. The van der Waals surface area contributed by atoms with Crippen LogP contribution in [-0.2, 0) is 10.2 Å². The van der Waals surface area contributed by atoms with Crippen molar-refractivity contribution in [1.82, 2.24) is 5.32 Å². The van der Waals surface area contributed by atoms with Gasteiger partial charge in [0.05, 0.1) is 16.7 Å². The van der Waals surface area contributed by atoms with E-state index in [0.717, 1.165) is 23.3 Å². The van der Waals surface area contributed by atoms with Crippen molar-refractivity contribution in [3.8, 4) is 6.07 Å². The maximum Gasteiger partial charge on any atom is 0.245 e. The molecule has 0 bridgehead atoms. The van der Waals surface area contributed by atoms with E-state index in [4.69, 9.17) is 0 Å². The van der Waals surface area contributed by atoms with Crippen LogP contribution in [0.25, 0.3) is 0 Å². The molecule has 1 heterocycles. The summed E-state index contributed by atoms with van der Waals surface area (Å²) in [4.78, 5) is 13.1. The molecule has 0 saturated carbocycles. The van der Waals surface area contributed by atoms with Crippen LogP contribution in [0.5, 0.6) is 0 Å². The Bertz CT molecular complexity index is 767. The van der Waals surface area contributed by atoms with Crippen LogP contribution >= 0.6 is 11.8 Å². The van der Waals surface area contributed by atoms with Crippen molar-refractivity contribution < 1.29 is 4.79 Å². The Morgan fingerprint density at radius 1 is 1.04 bits per heavy atom. The second kappa shape index (κ2) is 6.94. The van der Waals surface area contributed by atoms with Crippen molar-refractivity contribution in [2.24, 2.45) is 0 Å². The van der Waals surface area contributed by atoms with Gasteiger partial charge in [0.2, 0.25) is 5.91 Å². The lowest BCUT2D eigenvalue weighted by Gasteiger charge is -2.28. The van der Waals surface area contributed by atoms with Gasteiger partial charge in [-0.05, 0) is 23.3 Å². The highest BCUT2D eigenvalue weighted by Crippen LogP contribution is 2.46. The Morgan fingerprint density at radius 3 is 2.04 bits per heavy atom. The molecule has 0 radical (unpaired) electrons. The van der Waals surface area contributed by atoms with E-state index in [1.54, 1.807) is 0 Å². The van der Waals surface area contributed by atoms with Crippen LogP contribution in [0.1, 0.15) is 24.5 Å². The van der Waals surface area contributed by atoms with Gasteiger partial charge in [0.25, 0.3) is 0 Å². The monoisotopic (exact) mass is 334 g/mol. The normalized spacial score (nSPS) is 15.9. The highest BCUT2D eigenvalue weighted by atomic mass is 32.2. The highest BCUT2D eigenvalue weighted by Gasteiger charge is 2.51. The second-order valence-electron chi connectivity index (χ2n) is 5.60. The number of thioether (sulfide) groups is 1. The summed E-state index contributed by atoms with van der Waals surface area (Å²) in [6.07, 6.45) is 0.979. The number of benzene rings is 2. The first-order valence-corrected chi connectivity index (χ1v) is 8.93. The zero-order valence-electron chi connectivity index (χ0n) is 13.5. The molecule has 2 aromatic rings. The number of carbonyl (C=O) groups is 1. The molecule has 0 aromatic heterocycles. The van der Waals surface area contributed by atoms with Crippen molar-refractivity contribution in [2.45, 2.75) is 18.8 Å². The number of amides is 1. The van der Waals surface area contributed by atoms with E-state index in [2.05, 4.69) is 18.3 Å². The molecule has 24 heavy (non-hydrogen) atoms. The van der Waals surface area contributed by atoms with Crippen LogP contribution in [-0.4, -0.2) is 11.7 Å². The van der Waals surface area contributed by atoms with E-state index in [9.17, 15) is 10.1 Å². The topological polar surface area (TPSA) is 52.9 Å². The zero-order chi connectivity index (χ0) is 17.0. The lowest BCUT2D eigenvalue weighted by molar-refractivity contribution is -0.122. The van der Waals surface area contributed by atoms with Gasteiger partial charge in [0, 0.05) is 0 Å². The minimum absolute atomic E-state index is 0.157. The van der Waals surface area contributed by atoms with Crippen molar-refractivity contribution in [3.63, 3.8) is 0 Å². The number of nitrogens with one attached hydrogen (secondary N) is 1. The zero-order valence-corrected chi connectivity index (χ0v) is 14.3. The highest BCUT2D eigenvalue weighted by molar-refractivity contribution is 8.03. The predicted octanol–water partition coefficient (Wildman–Crippen LogP) is 3.98. The molecule has 2 aromatic carbocycles. The van der Waals surface area contributed by atoms with Gasteiger partial charge in [-0.3, -0.25) is 4.79 Å². The lowest BCUT2D eigenvalue weighted by atomic mass is 9.70. The third-order valence-electron chi connectivity index (χ3n) is 4.15. The Balaban J connectivity index is 2.28. The summed E-state index contributed by atoms with van der Waals surface area (Å²) in [5.41, 5.74) is 1.05. The fraction of sp³-hybridized carbons (Fsp3) is 0.200. The summed E-state index contributed by atoms with van der Waals surface area (Å²) < 4.78 is 0. The third-order valence-corrected chi connectivity index (χ3v) is 5.35. The smallest absolute Gasteiger partial charge is 0.245 e. The molecule has 0 atom stereocenters. The molecule has 0 spiro atoms. The van der Waals surface area contributed by atoms with Crippen molar-refractivity contribution >= 4 is 17.7 Å². The van der Waals surface area contributed by atoms with E-state index in [1.165, 1.54) is 11.8 Å². The lowest BCUT2D eigenvalue weighted by Crippen LogP contribution is -2.39. The Kier molecular flexibility index (Phi) is 4.73. The van der Waals surface area contributed by atoms with Crippen molar-refractivity contribution in [1.29, 1.82) is 5.26 Å². The largest absolute Gasteiger partial charge is 0.318 e. The minimum atomic E-state index is -1.08. The SMILES string of the molecule is CCCSC1=C(C#N)C(c2ccccc2)(c2ccccc2)C(=O)N1. The summed E-state index contributed by atoms with van der Waals surface area (Å²) in [5.74, 6) is 0.704. The molecule has 4 heteroatoms. The van der Waals surface area contributed by atoms with Gasteiger partial charge in [-0.1, -0.05) is 67.6 Å². The molecule has 1 aliphatic rings. The van der Waals surface area contributed by atoms with Gasteiger partial charge < -0.3 is 5.32 Å². The van der Waals surface area contributed by atoms with Crippen molar-refractivity contribution in [3.05, 3.63) is 82.4 Å². The average Bonchev–Trinajstić information content (AvgIpc) is 2.93. The first-order chi connectivity index (χ1) is 11.7. The number of hydrogen-bond donors (Lipinski definition) is 1. The quantitative estimate of drug-likeness (QED) is 0.900. The maximum atomic E-state index is 13.1. The van der Waals surface area contributed by atoms with Gasteiger partial charge >= 0.3 is 0 Å². The number of nitriles is 1. The van der Waals surface area contributed by atoms with E-state index in [-0.39, 0.29) is 5.91 Å². The maximum absolute atomic E-state index is 13.1. The van der Waals surface area contributed by atoms with Gasteiger partial charge in [-0.25, -0.2) is 0 Å². The fourth-order valence-corrected chi connectivity index (χ4v) is 4.00. The molecular weight excluding hydrogens is 316 g/mol. The molecule has 3 nitrogen and oxygen atoms in total. The molecule has 3 rings (SSSR count). The number of carbonyl (C=O) groups excluding carboxylic acids is 1. The first-order valence-electron chi connectivity index (χ1n) is 7.95. The molecule has 0 aliphatic carbocycles. The molecule has 1 aliphatic heterocycles. The summed E-state index contributed by atoms with van der Waals surface area (Å²) in [7, 11) is 0. The van der Waals surface area contributed by atoms with E-state index >= 15 is 0 Å². The molecule has 0 saturated heterocycles. The first kappa shape index (κ1) is 16.4. The second-order valence-corrected chi connectivity index (χ2v) is 6.71. The Hall–Kier alpha value is -2.51. The van der Waals surface area contributed by atoms with Gasteiger partial charge in [-0.15, -0.1) is 11.8 Å². The molecule has 0 fully saturated rings. The van der Waals surface area contributed by atoms with Crippen LogP contribution in [0, 0.1) is 11.3 Å². The average molecular weight is 334 g/mol. The predicted molar refractivity (Wildman–Crippen MR) is 97.2 cm³/mol. The fourth-order valence-electron chi connectivity index (χ4n) is 3.08. The van der Waals surface area contributed by atoms with Gasteiger partial charge in [0.1, 0.15) is 5.41 Å². The third kappa shape index (κ3) is 2.51.